The zero-order chi connectivity index (χ0) is 25.7. The lowest BCUT2D eigenvalue weighted by Crippen LogP contribution is -2.60. The third-order valence-electron chi connectivity index (χ3n) is 12.9. The Balaban J connectivity index is 1.42. The third-order valence-corrected chi connectivity index (χ3v) is 12.9. The highest BCUT2D eigenvalue weighted by atomic mass is 16.4. The van der Waals surface area contributed by atoms with Gasteiger partial charge in [0, 0.05) is 18.3 Å². The maximum absolute atomic E-state index is 12.9. The molecule has 0 aromatic heterocycles. The second-order valence-corrected chi connectivity index (χ2v) is 14.1. The van der Waals surface area contributed by atoms with Gasteiger partial charge in [-0.1, -0.05) is 41.2 Å². The van der Waals surface area contributed by atoms with Crippen LogP contribution in [-0.2, 0) is 9.59 Å². The van der Waals surface area contributed by atoms with E-state index in [4.69, 9.17) is 0 Å². The van der Waals surface area contributed by atoms with Crippen LogP contribution in [0.25, 0.3) is 0 Å². The number of rotatable bonds is 6. The van der Waals surface area contributed by atoms with Gasteiger partial charge in [-0.05, 0) is 96.4 Å². The molecular formula is C30H46O5. The normalized spacial score (nSPS) is 51.0. The molecule has 2 spiro atoms. The number of fused-ring (bicyclic) bond motifs is 2. The molecule has 5 nitrogen and oxygen atoms in total. The molecular weight excluding hydrogens is 440 g/mol. The zero-order valence-electron chi connectivity index (χ0n) is 22.3. The molecule has 0 bridgehead atoms. The molecule has 0 unspecified atom stereocenters. The van der Waals surface area contributed by atoms with Crippen LogP contribution in [0.15, 0.2) is 12.2 Å². The molecule has 0 saturated heterocycles. The fourth-order valence-electron chi connectivity index (χ4n) is 10.9. The average Bonchev–Trinajstić information content (AvgIpc) is 3.38. The molecule has 5 aliphatic rings. The van der Waals surface area contributed by atoms with E-state index in [1.54, 1.807) is 0 Å². The summed E-state index contributed by atoms with van der Waals surface area (Å²) < 4.78 is 0. The summed E-state index contributed by atoms with van der Waals surface area (Å²) in [6, 6.07) is 0. The minimum atomic E-state index is -0.952. The number of carboxylic acids is 1. The van der Waals surface area contributed by atoms with E-state index < -0.39 is 24.1 Å². The van der Waals surface area contributed by atoms with Crippen LogP contribution in [0.3, 0.4) is 0 Å². The second kappa shape index (κ2) is 7.90. The van der Waals surface area contributed by atoms with Crippen LogP contribution >= 0.6 is 0 Å². The molecule has 5 heteroatoms. The van der Waals surface area contributed by atoms with Gasteiger partial charge in [0.1, 0.15) is 0 Å². The van der Waals surface area contributed by atoms with Crippen LogP contribution in [-0.4, -0.2) is 39.3 Å². The highest BCUT2D eigenvalue weighted by molar-refractivity contribution is 5.95. The van der Waals surface area contributed by atoms with Gasteiger partial charge in [-0.15, -0.1) is 0 Å². The fraction of sp³-hybridized carbons (Fsp3) is 0.867. The van der Waals surface area contributed by atoms with E-state index in [2.05, 4.69) is 27.4 Å². The highest BCUT2D eigenvalue weighted by Gasteiger charge is 2.84. The Kier molecular flexibility index (Phi) is 5.74. The molecule has 196 valence electrons. The SMILES string of the molecule is C=C(C(=O)C[C@@H](C)[C@H]1CC[C@@]2(C)[C@@H]3CC[C@H]4[C@H](C(=O)O)[C@H](O)C[C@H](O)[C@@]45C[C@@]35CC[C@]12C)C(C)C. The number of hydrogen-bond acceptors (Lipinski definition) is 4. The molecule has 0 aromatic carbocycles. The van der Waals surface area contributed by atoms with Crippen molar-refractivity contribution < 1.29 is 24.9 Å². The maximum Gasteiger partial charge on any atom is 0.309 e. The molecule has 0 aromatic rings. The first kappa shape index (κ1) is 25.4. The summed E-state index contributed by atoms with van der Waals surface area (Å²) in [5.74, 6) is -0.102. The van der Waals surface area contributed by atoms with E-state index in [9.17, 15) is 24.9 Å². The topological polar surface area (TPSA) is 94.8 Å². The van der Waals surface area contributed by atoms with Gasteiger partial charge in [-0.25, -0.2) is 0 Å². The highest BCUT2D eigenvalue weighted by Crippen LogP contribution is 2.88. The summed E-state index contributed by atoms with van der Waals surface area (Å²) in [6.07, 6.45) is 6.31. The van der Waals surface area contributed by atoms with Gasteiger partial charge in [0.25, 0.3) is 0 Å². The Labute approximate surface area is 210 Å². The first-order valence-electron chi connectivity index (χ1n) is 14.1. The molecule has 5 saturated carbocycles. The van der Waals surface area contributed by atoms with E-state index in [1.165, 1.54) is 0 Å². The van der Waals surface area contributed by atoms with Crippen LogP contribution in [0.1, 0.15) is 92.4 Å². The number of carboxylic acid groups (broad SMARTS) is 1. The molecule has 0 radical (unpaired) electrons. The fourth-order valence-corrected chi connectivity index (χ4v) is 10.9. The van der Waals surface area contributed by atoms with Crippen molar-refractivity contribution in [2.45, 2.75) is 105 Å². The molecule has 35 heavy (non-hydrogen) atoms. The Morgan fingerprint density at radius 1 is 1.00 bits per heavy atom. The van der Waals surface area contributed by atoms with Crippen LogP contribution in [0.2, 0.25) is 0 Å². The van der Waals surface area contributed by atoms with E-state index >= 15 is 0 Å². The van der Waals surface area contributed by atoms with Crippen molar-refractivity contribution in [2.24, 2.45) is 57.2 Å². The lowest BCUT2D eigenvalue weighted by atomic mass is 9.42. The smallest absolute Gasteiger partial charge is 0.309 e. The molecule has 5 fully saturated rings. The summed E-state index contributed by atoms with van der Waals surface area (Å²) in [7, 11) is 0. The minimum absolute atomic E-state index is 0.0112. The number of ketones is 1. The third kappa shape index (κ3) is 3.06. The van der Waals surface area contributed by atoms with Crippen molar-refractivity contribution >= 4 is 11.8 Å². The molecule has 11 atom stereocenters. The Bertz CT molecular complexity index is 941. The summed E-state index contributed by atoms with van der Waals surface area (Å²) in [5, 5.41) is 31.9. The second-order valence-electron chi connectivity index (χ2n) is 14.1. The maximum atomic E-state index is 12.9. The summed E-state index contributed by atoms with van der Waals surface area (Å²) in [4.78, 5) is 25.1. The summed E-state index contributed by atoms with van der Waals surface area (Å²) in [5.41, 5.74) is 0.689. The van der Waals surface area contributed by atoms with Gasteiger partial charge in [0.05, 0.1) is 18.1 Å². The molecule has 5 rings (SSSR count). The molecule has 0 heterocycles. The predicted molar refractivity (Wildman–Crippen MR) is 134 cm³/mol. The van der Waals surface area contributed by atoms with Crippen molar-refractivity contribution in [3.8, 4) is 0 Å². The number of carbonyl (C=O) groups is 2. The Hall–Kier alpha value is -1.20. The van der Waals surface area contributed by atoms with Crippen molar-refractivity contribution in [2.75, 3.05) is 0 Å². The van der Waals surface area contributed by atoms with Gasteiger partial charge >= 0.3 is 5.97 Å². The largest absolute Gasteiger partial charge is 0.481 e. The van der Waals surface area contributed by atoms with E-state index in [0.717, 1.165) is 50.5 Å². The number of Topliss-reactive ketones (excluding diaryl/α,β-unsaturated/α-hetero) is 1. The van der Waals surface area contributed by atoms with Crippen molar-refractivity contribution in [1.82, 2.24) is 0 Å². The van der Waals surface area contributed by atoms with Gasteiger partial charge < -0.3 is 15.3 Å². The van der Waals surface area contributed by atoms with Gasteiger partial charge in [-0.2, -0.15) is 0 Å². The number of allylic oxidation sites excluding steroid dienone is 1. The van der Waals surface area contributed by atoms with Crippen molar-refractivity contribution in [1.29, 1.82) is 0 Å². The summed E-state index contributed by atoms with van der Waals surface area (Å²) >= 11 is 0. The van der Waals surface area contributed by atoms with Gasteiger partial charge in [0.15, 0.2) is 5.78 Å². The standard InChI is InChI=1S/C30H46O5/c1-16(2)18(4)21(31)13-17(3)19-9-10-28(6)23-8-7-20-25(26(34)35)22(32)14-24(33)30(20)15-29(23,30)12-11-27(19,28)5/h16-17,19-20,22-25,32-33H,4,7-15H2,1-3,5-6H3,(H,34,35)/t17-,19-,20+,22-,23+,24+,25+,27-,28+,29+,30-/m1/s1. The zero-order valence-corrected chi connectivity index (χ0v) is 22.3. The Morgan fingerprint density at radius 2 is 1.69 bits per heavy atom. The quantitative estimate of drug-likeness (QED) is 0.446. The first-order valence-corrected chi connectivity index (χ1v) is 14.1. The van der Waals surface area contributed by atoms with Crippen LogP contribution < -0.4 is 0 Å². The average molecular weight is 487 g/mol. The number of carbonyl (C=O) groups excluding carboxylic acids is 1. The number of aliphatic carboxylic acids is 1. The van der Waals surface area contributed by atoms with Crippen LogP contribution in [0, 0.1) is 57.2 Å². The van der Waals surface area contributed by atoms with Crippen LogP contribution in [0.5, 0.6) is 0 Å². The number of hydrogen-bond donors (Lipinski definition) is 3. The first-order chi connectivity index (χ1) is 16.3. The lowest BCUT2D eigenvalue weighted by molar-refractivity contribution is -0.187. The van der Waals surface area contributed by atoms with E-state index in [-0.39, 0.29) is 45.7 Å². The molecule has 5 aliphatic carbocycles. The lowest BCUT2D eigenvalue weighted by Gasteiger charge is -2.62. The Morgan fingerprint density at radius 3 is 2.31 bits per heavy atom. The summed E-state index contributed by atoms with van der Waals surface area (Å²) in [6.45, 7) is 15.3. The van der Waals surface area contributed by atoms with Crippen molar-refractivity contribution in [3.63, 3.8) is 0 Å². The van der Waals surface area contributed by atoms with E-state index in [1.807, 2.05) is 13.8 Å². The molecule has 0 aliphatic heterocycles. The monoisotopic (exact) mass is 486 g/mol. The van der Waals surface area contributed by atoms with Crippen molar-refractivity contribution in [3.05, 3.63) is 12.2 Å². The van der Waals surface area contributed by atoms with Gasteiger partial charge in [0.2, 0.25) is 0 Å². The van der Waals surface area contributed by atoms with Crippen LogP contribution in [0.4, 0.5) is 0 Å². The molecule has 0 amide bonds. The number of aliphatic hydroxyl groups is 2. The predicted octanol–water partition coefficient (Wildman–Crippen LogP) is 5.24. The van der Waals surface area contributed by atoms with E-state index in [0.29, 0.717) is 24.2 Å². The van der Waals surface area contributed by atoms with Gasteiger partial charge in [-0.3, -0.25) is 9.59 Å². The molecule has 3 N–H and O–H groups in total. The minimum Gasteiger partial charge on any atom is -0.481 e. The number of aliphatic hydroxyl groups excluding tert-OH is 2.